The summed E-state index contributed by atoms with van der Waals surface area (Å²) in [5.41, 5.74) is 1.51. The molecule has 2 aromatic heterocycles. The molecule has 0 aliphatic heterocycles. The standard InChI is InChI=1S/C24H26F3N3O4/c1-15(2)23-17(14-30(29-23)21-9-7-18(13-28-21)24(25,26)27)5-4-10-34-20-12-19(33-3)8-6-16(20)11-22(31)32/h6-9,12-15H,4-5,10-11H2,1-3H3,(H,31,32). The summed E-state index contributed by atoms with van der Waals surface area (Å²) in [5.74, 6) is 0.465. The summed E-state index contributed by atoms with van der Waals surface area (Å²) in [5, 5.41) is 13.6. The van der Waals surface area contributed by atoms with Gasteiger partial charge in [0.25, 0.3) is 0 Å². The number of hydrogen-bond donors (Lipinski definition) is 1. The van der Waals surface area contributed by atoms with Crippen molar-refractivity contribution in [3.05, 3.63) is 65.1 Å². The summed E-state index contributed by atoms with van der Waals surface area (Å²) in [6.45, 7) is 4.31. The van der Waals surface area contributed by atoms with Crippen LogP contribution in [0.25, 0.3) is 5.82 Å². The topological polar surface area (TPSA) is 86.5 Å². The van der Waals surface area contributed by atoms with Crippen molar-refractivity contribution in [1.29, 1.82) is 0 Å². The predicted molar refractivity (Wildman–Crippen MR) is 119 cm³/mol. The van der Waals surface area contributed by atoms with Crippen LogP contribution < -0.4 is 9.47 Å². The first-order chi connectivity index (χ1) is 16.1. The lowest BCUT2D eigenvalue weighted by Gasteiger charge is -2.12. The second kappa shape index (κ2) is 10.6. The summed E-state index contributed by atoms with van der Waals surface area (Å²) in [6, 6.07) is 7.28. The number of aliphatic carboxylic acids is 1. The summed E-state index contributed by atoms with van der Waals surface area (Å²) >= 11 is 0. The van der Waals surface area contributed by atoms with E-state index in [-0.39, 0.29) is 12.3 Å². The fraction of sp³-hybridized carbons (Fsp3) is 0.375. The molecule has 3 rings (SSSR count). The zero-order chi connectivity index (χ0) is 24.9. The number of carboxylic acid groups (broad SMARTS) is 1. The van der Waals surface area contributed by atoms with Crippen LogP contribution in [0.5, 0.6) is 11.5 Å². The number of aryl methyl sites for hydroxylation is 1. The molecule has 0 bridgehead atoms. The third-order valence-corrected chi connectivity index (χ3v) is 5.14. The van der Waals surface area contributed by atoms with Gasteiger partial charge in [-0.05, 0) is 42.5 Å². The number of alkyl halides is 3. The third-order valence-electron chi connectivity index (χ3n) is 5.14. The minimum atomic E-state index is -4.45. The minimum Gasteiger partial charge on any atom is -0.497 e. The molecule has 0 fully saturated rings. The summed E-state index contributed by atoms with van der Waals surface area (Å²) in [7, 11) is 1.52. The summed E-state index contributed by atoms with van der Waals surface area (Å²) in [4.78, 5) is 15.0. The number of halogens is 3. The van der Waals surface area contributed by atoms with Gasteiger partial charge in [0.1, 0.15) is 11.5 Å². The molecule has 0 spiro atoms. The van der Waals surface area contributed by atoms with Crippen LogP contribution in [0.4, 0.5) is 13.2 Å². The molecule has 1 N–H and O–H groups in total. The minimum absolute atomic E-state index is 0.104. The van der Waals surface area contributed by atoms with E-state index in [1.54, 1.807) is 24.4 Å². The van der Waals surface area contributed by atoms with Crippen LogP contribution in [0.1, 0.15) is 48.6 Å². The van der Waals surface area contributed by atoms with Gasteiger partial charge in [-0.3, -0.25) is 4.79 Å². The van der Waals surface area contributed by atoms with Crippen molar-refractivity contribution in [3.63, 3.8) is 0 Å². The molecule has 10 heteroatoms. The Hall–Kier alpha value is -3.56. The number of pyridine rings is 1. The van der Waals surface area contributed by atoms with Gasteiger partial charge in [0.15, 0.2) is 5.82 Å². The van der Waals surface area contributed by atoms with E-state index in [9.17, 15) is 18.0 Å². The van der Waals surface area contributed by atoms with Gasteiger partial charge < -0.3 is 14.6 Å². The third kappa shape index (κ3) is 6.27. The van der Waals surface area contributed by atoms with Crippen molar-refractivity contribution in [3.8, 4) is 17.3 Å². The molecular formula is C24H26F3N3O4. The molecule has 34 heavy (non-hydrogen) atoms. The molecule has 2 heterocycles. The SMILES string of the molecule is COc1ccc(CC(=O)O)c(OCCCc2cn(-c3ccc(C(F)(F)F)cn3)nc2C(C)C)c1. The number of hydrogen-bond acceptors (Lipinski definition) is 5. The average Bonchev–Trinajstić information content (AvgIpc) is 3.21. The van der Waals surface area contributed by atoms with Gasteiger partial charge in [-0.25, -0.2) is 9.67 Å². The Morgan fingerprint density at radius 3 is 2.53 bits per heavy atom. The molecule has 3 aromatic rings. The van der Waals surface area contributed by atoms with Crippen LogP contribution in [-0.4, -0.2) is 39.6 Å². The quantitative estimate of drug-likeness (QED) is 0.411. The fourth-order valence-corrected chi connectivity index (χ4v) is 3.46. The first-order valence-corrected chi connectivity index (χ1v) is 10.7. The van der Waals surface area contributed by atoms with Crippen molar-refractivity contribution in [1.82, 2.24) is 14.8 Å². The van der Waals surface area contributed by atoms with E-state index in [1.807, 2.05) is 13.8 Å². The Labute approximate surface area is 195 Å². The van der Waals surface area contributed by atoms with E-state index >= 15 is 0 Å². The lowest BCUT2D eigenvalue weighted by molar-refractivity contribution is -0.138. The Morgan fingerprint density at radius 2 is 1.94 bits per heavy atom. The van der Waals surface area contributed by atoms with Gasteiger partial charge in [-0.2, -0.15) is 18.3 Å². The van der Waals surface area contributed by atoms with Crippen molar-refractivity contribution >= 4 is 5.97 Å². The molecule has 0 atom stereocenters. The summed E-state index contributed by atoms with van der Waals surface area (Å²) in [6.07, 6.45) is -0.808. The molecular weight excluding hydrogens is 451 g/mol. The van der Waals surface area contributed by atoms with Crippen LogP contribution in [0, 0.1) is 0 Å². The lowest BCUT2D eigenvalue weighted by Crippen LogP contribution is -2.07. The number of rotatable bonds is 10. The van der Waals surface area contributed by atoms with Gasteiger partial charge in [0.2, 0.25) is 0 Å². The number of nitrogens with zero attached hydrogens (tertiary/aromatic N) is 3. The van der Waals surface area contributed by atoms with E-state index < -0.39 is 17.7 Å². The number of aromatic nitrogens is 3. The van der Waals surface area contributed by atoms with Crippen LogP contribution in [0.15, 0.2) is 42.7 Å². The number of carbonyl (C=O) groups is 1. The number of benzene rings is 1. The van der Waals surface area contributed by atoms with E-state index in [0.29, 0.717) is 42.3 Å². The number of methoxy groups -OCH3 is 1. The van der Waals surface area contributed by atoms with Gasteiger partial charge in [0, 0.05) is 24.0 Å². The Morgan fingerprint density at radius 1 is 1.18 bits per heavy atom. The molecule has 182 valence electrons. The van der Waals surface area contributed by atoms with E-state index in [4.69, 9.17) is 14.6 Å². The highest BCUT2D eigenvalue weighted by atomic mass is 19.4. The largest absolute Gasteiger partial charge is 0.497 e. The summed E-state index contributed by atoms with van der Waals surface area (Å²) < 4.78 is 51.0. The van der Waals surface area contributed by atoms with E-state index in [2.05, 4.69) is 10.1 Å². The smallest absolute Gasteiger partial charge is 0.417 e. The van der Waals surface area contributed by atoms with Crippen molar-refractivity contribution in [2.24, 2.45) is 0 Å². The van der Waals surface area contributed by atoms with Crippen LogP contribution in [-0.2, 0) is 23.8 Å². The van der Waals surface area contributed by atoms with E-state index in [1.165, 1.54) is 17.9 Å². The highest BCUT2D eigenvalue weighted by Crippen LogP contribution is 2.29. The molecule has 0 saturated carbocycles. The molecule has 0 unspecified atom stereocenters. The maximum absolute atomic E-state index is 12.8. The monoisotopic (exact) mass is 477 g/mol. The van der Waals surface area contributed by atoms with Gasteiger partial charge in [-0.1, -0.05) is 19.9 Å². The first kappa shape index (κ1) is 25.1. The Kier molecular flexibility index (Phi) is 7.80. The van der Waals surface area contributed by atoms with Crippen LogP contribution >= 0.6 is 0 Å². The highest BCUT2D eigenvalue weighted by Gasteiger charge is 2.30. The Balaban J connectivity index is 1.70. The first-order valence-electron chi connectivity index (χ1n) is 10.7. The highest BCUT2D eigenvalue weighted by molar-refractivity contribution is 5.71. The fourth-order valence-electron chi connectivity index (χ4n) is 3.46. The molecule has 0 aliphatic carbocycles. The predicted octanol–water partition coefficient (Wildman–Crippen LogP) is 5.06. The molecule has 0 amide bonds. The molecule has 0 saturated heterocycles. The maximum Gasteiger partial charge on any atom is 0.417 e. The average molecular weight is 477 g/mol. The van der Waals surface area contributed by atoms with Crippen LogP contribution in [0.3, 0.4) is 0 Å². The second-order valence-corrected chi connectivity index (χ2v) is 8.04. The molecule has 1 aromatic carbocycles. The van der Waals surface area contributed by atoms with Crippen LogP contribution in [0.2, 0.25) is 0 Å². The van der Waals surface area contributed by atoms with Crippen molar-refractivity contribution < 1.29 is 32.5 Å². The van der Waals surface area contributed by atoms with Gasteiger partial charge >= 0.3 is 12.1 Å². The second-order valence-electron chi connectivity index (χ2n) is 8.04. The molecule has 0 radical (unpaired) electrons. The van der Waals surface area contributed by atoms with Crippen molar-refractivity contribution in [2.45, 2.75) is 45.2 Å². The zero-order valence-corrected chi connectivity index (χ0v) is 19.1. The lowest BCUT2D eigenvalue weighted by atomic mass is 10.0. The zero-order valence-electron chi connectivity index (χ0n) is 19.1. The molecule has 0 aliphatic rings. The Bertz CT molecular complexity index is 1130. The van der Waals surface area contributed by atoms with E-state index in [0.717, 1.165) is 23.5 Å². The molecule has 7 nitrogen and oxygen atoms in total. The van der Waals surface area contributed by atoms with Gasteiger partial charge in [-0.15, -0.1) is 0 Å². The maximum atomic E-state index is 12.8. The normalized spacial score (nSPS) is 11.6. The van der Waals surface area contributed by atoms with Crippen molar-refractivity contribution in [2.75, 3.05) is 13.7 Å². The van der Waals surface area contributed by atoms with Gasteiger partial charge in [0.05, 0.1) is 31.4 Å². The number of ether oxygens (including phenoxy) is 2. The number of carboxylic acids is 1.